The van der Waals surface area contributed by atoms with Crippen LogP contribution in [-0.2, 0) is 21.0 Å². The minimum atomic E-state index is -5.08. The molecular weight excluding hydrogens is 560 g/mol. The van der Waals surface area contributed by atoms with Crippen molar-refractivity contribution in [1.29, 1.82) is 0 Å². The number of anilines is 3. The normalized spacial score (nSPS) is 17.9. The van der Waals surface area contributed by atoms with Crippen LogP contribution in [0.1, 0.15) is 41.6 Å². The molecule has 0 atom stereocenters. The van der Waals surface area contributed by atoms with E-state index in [2.05, 4.69) is 20.3 Å². The summed E-state index contributed by atoms with van der Waals surface area (Å²) in [4.78, 5) is 24.4. The summed E-state index contributed by atoms with van der Waals surface area (Å²) in [6, 6.07) is 7.02. The molecule has 0 radical (unpaired) electrons. The first-order valence-corrected chi connectivity index (χ1v) is 13.0. The molecule has 0 unspecified atom stereocenters. The molecule has 3 rings (SSSR count). The zero-order chi connectivity index (χ0) is 29.6. The first kappa shape index (κ1) is 31.6. The van der Waals surface area contributed by atoms with Crippen LogP contribution in [0.15, 0.2) is 36.5 Å². The van der Waals surface area contributed by atoms with Gasteiger partial charge in [-0.15, -0.1) is 0 Å². The van der Waals surface area contributed by atoms with Crippen molar-refractivity contribution in [3.8, 4) is 0 Å². The number of carbonyl (C=O) groups is 2. The maximum atomic E-state index is 13.5. The van der Waals surface area contributed by atoms with Crippen molar-refractivity contribution in [3.63, 3.8) is 0 Å². The summed E-state index contributed by atoms with van der Waals surface area (Å²) < 4.78 is 97.6. The second kappa shape index (κ2) is 12.5. The van der Waals surface area contributed by atoms with Gasteiger partial charge in [-0.2, -0.15) is 26.3 Å². The summed E-state index contributed by atoms with van der Waals surface area (Å²) in [6.45, 7) is 0. The number of para-hydroxylation sites is 1. The van der Waals surface area contributed by atoms with Crippen LogP contribution in [0.5, 0.6) is 0 Å². The molecule has 2 aromatic rings. The predicted octanol–water partition coefficient (Wildman–Crippen LogP) is 3.85. The van der Waals surface area contributed by atoms with E-state index in [9.17, 15) is 39.6 Å². The van der Waals surface area contributed by atoms with Crippen LogP contribution in [0.3, 0.4) is 0 Å². The lowest BCUT2D eigenvalue weighted by molar-refractivity contribution is -0.192. The van der Waals surface area contributed by atoms with Crippen LogP contribution >= 0.6 is 0 Å². The third-order valence-corrected chi connectivity index (χ3v) is 6.14. The third-order valence-electron chi connectivity index (χ3n) is 5.37. The SMILES string of the molecule is CS(=O)(=O)NC1CCC(Nc2cc(Nc3ccccc3C(N)=O)c(C(F)(F)F)cn2)CC1.O=C(O)C(F)(F)F. The summed E-state index contributed by atoms with van der Waals surface area (Å²) in [6.07, 6.45) is -5.45. The van der Waals surface area contributed by atoms with E-state index < -0.39 is 39.8 Å². The smallest absolute Gasteiger partial charge is 0.475 e. The molecule has 1 amide bonds. The fraction of sp³-hybridized carbons (Fsp3) is 0.409. The quantitative estimate of drug-likeness (QED) is 0.306. The molecule has 0 aliphatic heterocycles. The summed E-state index contributed by atoms with van der Waals surface area (Å²) in [5.74, 6) is -3.29. The second-order valence-electron chi connectivity index (χ2n) is 8.53. The third kappa shape index (κ3) is 10.2. The molecule has 1 saturated carbocycles. The summed E-state index contributed by atoms with van der Waals surface area (Å²) in [7, 11) is -3.29. The van der Waals surface area contributed by atoms with Crippen LogP contribution in [0, 0.1) is 0 Å². The van der Waals surface area contributed by atoms with Crippen LogP contribution in [0.4, 0.5) is 43.5 Å². The summed E-state index contributed by atoms with van der Waals surface area (Å²) in [5.41, 5.74) is 4.28. The predicted molar refractivity (Wildman–Crippen MR) is 129 cm³/mol. The zero-order valence-corrected chi connectivity index (χ0v) is 21.0. The van der Waals surface area contributed by atoms with Crippen molar-refractivity contribution < 1.29 is 49.5 Å². The van der Waals surface area contributed by atoms with Gasteiger partial charge in [-0.25, -0.2) is 22.9 Å². The number of nitrogens with one attached hydrogen (secondary N) is 3. The van der Waals surface area contributed by atoms with Crippen molar-refractivity contribution in [2.24, 2.45) is 5.73 Å². The van der Waals surface area contributed by atoms with Crippen LogP contribution in [0.2, 0.25) is 0 Å². The lowest BCUT2D eigenvalue weighted by Gasteiger charge is -2.29. The Bertz CT molecular complexity index is 1280. The minimum absolute atomic E-state index is 0.0589. The van der Waals surface area contributed by atoms with Gasteiger partial charge in [0, 0.05) is 24.3 Å². The number of rotatable bonds is 7. The van der Waals surface area contributed by atoms with Gasteiger partial charge in [0.1, 0.15) is 5.82 Å². The summed E-state index contributed by atoms with van der Waals surface area (Å²) in [5, 5.41) is 12.9. The molecule has 39 heavy (non-hydrogen) atoms. The average Bonchev–Trinajstić information content (AvgIpc) is 2.79. The van der Waals surface area contributed by atoms with Crippen molar-refractivity contribution in [3.05, 3.63) is 47.7 Å². The monoisotopic (exact) mass is 585 g/mol. The van der Waals surface area contributed by atoms with Crippen molar-refractivity contribution in [2.45, 2.75) is 50.1 Å². The van der Waals surface area contributed by atoms with Gasteiger partial charge in [-0.05, 0) is 37.8 Å². The average molecular weight is 586 g/mol. The highest BCUT2D eigenvalue weighted by Gasteiger charge is 2.38. The Balaban J connectivity index is 0.000000673. The molecule has 1 aliphatic carbocycles. The molecule has 0 saturated heterocycles. The maximum absolute atomic E-state index is 13.5. The molecule has 17 heteroatoms. The number of nitrogens with two attached hydrogens (primary N) is 1. The molecule has 0 bridgehead atoms. The van der Waals surface area contributed by atoms with E-state index in [4.69, 9.17) is 15.6 Å². The topological polar surface area (TPSA) is 164 Å². The van der Waals surface area contributed by atoms with E-state index in [-0.39, 0.29) is 34.8 Å². The van der Waals surface area contributed by atoms with Gasteiger partial charge in [-0.3, -0.25) is 4.79 Å². The van der Waals surface area contributed by atoms with Crippen LogP contribution in [-0.4, -0.2) is 54.9 Å². The van der Waals surface area contributed by atoms with E-state index in [1.165, 1.54) is 18.2 Å². The Morgan fingerprint density at radius 1 is 1.00 bits per heavy atom. The molecule has 10 nitrogen and oxygen atoms in total. The summed E-state index contributed by atoms with van der Waals surface area (Å²) >= 11 is 0. The van der Waals surface area contributed by atoms with Crippen molar-refractivity contribution in [1.82, 2.24) is 9.71 Å². The number of carboxylic acids is 1. The first-order valence-electron chi connectivity index (χ1n) is 11.1. The van der Waals surface area contributed by atoms with Crippen molar-refractivity contribution in [2.75, 3.05) is 16.9 Å². The molecule has 216 valence electrons. The molecule has 1 fully saturated rings. The number of benzene rings is 1. The van der Waals surface area contributed by atoms with Gasteiger partial charge in [-0.1, -0.05) is 12.1 Å². The Hall–Kier alpha value is -3.60. The number of carbonyl (C=O) groups excluding carboxylic acids is 1. The number of hydrogen-bond acceptors (Lipinski definition) is 7. The van der Waals surface area contributed by atoms with Crippen molar-refractivity contribution >= 4 is 39.1 Å². The largest absolute Gasteiger partial charge is 0.490 e. The van der Waals surface area contributed by atoms with E-state index in [0.717, 1.165) is 12.5 Å². The fourth-order valence-corrected chi connectivity index (χ4v) is 4.52. The van der Waals surface area contributed by atoms with Gasteiger partial charge in [0.05, 0.1) is 28.8 Å². The molecule has 6 N–H and O–H groups in total. The van der Waals surface area contributed by atoms with Crippen LogP contribution in [0.25, 0.3) is 0 Å². The Morgan fingerprint density at radius 3 is 2.03 bits per heavy atom. The highest BCUT2D eigenvalue weighted by Crippen LogP contribution is 2.37. The minimum Gasteiger partial charge on any atom is -0.475 e. The number of amides is 1. The highest BCUT2D eigenvalue weighted by molar-refractivity contribution is 7.88. The molecule has 1 aliphatic rings. The number of pyridine rings is 1. The standard InChI is InChI=1S/C20H24F3N5O3S.C2HF3O2/c1-32(30,31)28-13-8-6-12(7-9-13)26-18-10-17(15(11-25-18)20(21,22)23)27-16-5-3-2-4-14(16)19(24)29;3-2(4,5)1(6)7/h2-5,10-13,28H,6-9H2,1H3,(H2,24,29)(H2,25,26,27);(H,6,7). The zero-order valence-electron chi connectivity index (χ0n) is 20.2. The van der Waals surface area contributed by atoms with Crippen LogP contribution < -0.4 is 21.1 Å². The number of sulfonamides is 1. The number of aliphatic carboxylic acids is 1. The van der Waals surface area contributed by atoms with Gasteiger partial charge in [0.15, 0.2) is 0 Å². The van der Waals surface area contributed by atoms with Gasteiger partial charge < -0.3 is 21.5 Å². The lowest BCUT2D eigenvalue weighted by atomic mass is 9.92. The molecule has 1 aromatic heterocycles. The Labute approximate surface area is 219 Å². The number of hydrogen-bond donors (Lipinski definition) is 5. The molecular formula is C22H25F6N5O5S. The Morgan fingerprint density at radius 2 is 1.54 bits per heavy atom. The first-order chi connectivity index (χ1) is 17.9. The molecule has 1 aromatic carbocycles. The van der Waals surface area contributed by atoms with Gasteiger partial charge in [0.2, 0.25) is 10.0 Å². The second-order valence-corrected chi connectivity index (χ2v) is 10.3. The number of alkyl halides is 6. The van der Waals surface area contributed by atoms with E-state index in [0.29, 0.717) is 25.7 Å². The Kier molecular flexibility index (Phi) is 10.1. The number of primary amides is 1. The number of halogens is 6. The maximum Gasteiger partial charge on any atom is 0.490 e. The highest BCUT2D eigenvalue weighted by atomic mass is 32.2. The van der Waals surface area contributed by atoms with E-state index >= 15 is 0 Å². The number of carboxylic acid groups (broad SMARTS) is 1. The van der Waals surface area contributed by atoms with E-state index in [1.807, 2.05) is 0 Å². The molecule has 0 spiro atoms. The lowest BCUT2D eigenvalue weighted by Crippen LogP contribution is -2.39. The molecule has 1 heterocycles. The number of nitrogens with zero attached hydrogens (tertiary/aromatic N) is 1. The van der Waals surface area contributed by atoms with E-state index in [1.54, 1.807) is 12.1 Å². The fourth-order valence-electron chi connectivity index (χ4n) is 3.68. The van der Waals surface area contributed by atoms with Gasteiger partial charge >= 0.3 is 18.3 Å². The van der Waals surface area contributed by atoms with Gasteiger partial charge in [0.25, 0.3) is 5.91 Å². The number of aromatic nitrogens is 1.